The number of carbonyl (C=O) groups is 1. The normalized spacial score (nSPS) is 12.2. The van der Waals surface area contributed by atoms with Gasteiger partial charge in [-0.1, -0.05) is 19.4 Å². The molecule has 0 amide bonds. The number of unbranched alkanes of at least 4 members (excludes halogenated alkanes) is 1. The summed E-state index contributed by atoms with van der Waals surface area (Å²) in [7, 11) is -1.92. The summed E-state index contributed by atoms with van der Waals surface area (Å²) < 4.78 is 26.1. The van der Waals surface area contributed by atoms with Crippen LogP contribution in [0.5, 0.6) is 0 Å². The smallest absolute Gasteiger partial charge is 0.328 e. The Hall–Kier alpha value is -1.66. The van der Waals surface area contributed by atoms with Crippen molar-refractivity contribution in [3.05, 3.63) is 35.4 Å². The molecular formula is C15H21NO4S. The molecule has 1 aromatic rings. The number of rotatable bonds is 7. The van der Waals surface area contributed by atoms with Crippen LogP contribution in [0.3, 0.4) is 0 Å². The summed E-state index contributed by atoms with van der Waals surface area (Å²) in [5.74, 6) is -1.04. The second kappa shape index (κ2) is 7.38. The molecule has 0 aliphatic carbocycles. The molecule has 1 rings (SSSR count). The van der Waals surface area contributed by atoms with Crippen molar-refractivity contribution in [3.8, 4) is 0 Å². The van der Waals surface area contributed by atoms with Crippen LogP contribution in [0.2, 0.25) is 0 Å². The van der Waals surface area contributed by atoms with Crippen molar-refractivity contribution in [1.29, 1.82) is 0 Å². The van der Waals surface area contributed by atoms with Gasteiger partial charge >= 0.3 is 5.97 Å². The number of sulfonamides is 1. The van der Waals surface area contributed by atoms with E-state index < -0.39 is 16.0 Å². The summed E-state index contributed by atoms with van der Waals surface area (Å²) in [5, 5.41) is 8.62. The maximum Gasteiger partial charge on any atom is 0.328 e. The highest BCUT2D eigenvalue weighted by Crippen LogP contribution is 2.19. The molecule has 116 valence electrons. The Morgan fingerprint density at radius 3 is 2.57 bits per heavy atom. The van der Waals surface area contributed by atoms with Gasteiger partial charge in [0.25, 0.3) is 0 Å². The van der Waals surface area contributed by atoms with Gasteiger partial charge in [-0.3, -0.25) is 0 Å². The van der Waals surface area contributed by atoms with Gasteiger partial charge in [0, 0.05) is 19.7 Å². The zero-order valence-corrected chi connectivity index (χ0v) is 13.4. The Morgan fingerprint density at radius 1 is 1.38 bits per heavy atom. The van der Waals surface area contributed by atoms with E-state index in [1.807, 2.05) is 6.92 Å². The number of aliphatic carboxylic acids is 1. The molecule has 0 unspecified atom stereocenters. The van der Waals surface area contributed by atoms with Crippen LogP contribution in [0, 0.1) is 6.92 Å². The van der Waals surface area contributed by atoms with Crippen LogP contribution in [0.4, 0.5) is 0 Å². The molecule has 0 aromatic heterocycles. The van der Waals surface area contributed by atoms with E-state index in [0.717, 1.165) is 24.5 Å². The van der Waals surface area contributed by atoms with Gasteiger partial charge in [-0.05, 0) is 42.7 Å². The van der Waals surface area contributed by atoms with Gasteiger partial charge in [0.2, 0.25) is 10.0 Å². The predicted molar refractivity (Wildman–Crippen MR) is 82.6 cm³/mol. The van der Waals surface area contributed by atoms with Crippen LogP contribution in [0.25, 0.3) is 6.08 Å². The summed E-state index contributed by atoms with van der Waals surface area (Å²) >= 11 is 0. The molecule has 0 saturated carbocycles. The maximum absolute atomic E-state index is 12.4. The Bertz CT molecular complexity index is 635. The first kappa shape index (κ1) is 17.4. The zero-order chi connectivity index (χ0) is 16.0. The van der Waals surface area contributed by atoms with Gasteiger partial charge < -0.3 is 5.11 Å². The van der Waals surface area contributed by atoms with Gasteiger partial charge in [-0.2, -0.15) is 0 Å². The fourth-order valence-electron chi connectivity index (χ4n) is 1.84. The number of carboxylic acids is 1. The van der Waals surface area contributed by atoms with Gasteiger partial charge in [-0.25, -0.2) is 17.5 Å². The van der Waals surface area contributed by atoms with Gasteiger partial charge in [0.15, 0.2) is 0 Å². The summed E-state index contributed by atoms with van der Waals surface area (Å²) in [5.41, 5.74) is 1.41. The lowest BCUT2D eigenvalue weighted by Gasteiger charge is -2.17. The molecule has 0 atom stereocenters. The third kappa shape index (κ3) is 4.68. The lowest BCUT2D eigenvalue weighted by atomic mass is 10.1. The highest BCUT2D eigenvalue weighted by molar-refractivity contribution is 7.89. The average Bonchev–Trinajstić information content (AvgIpc) is 2.42. The lowest BCUT2D eigenvalue weighted by Crippen LogP contribution is -2.28. The van der Waals surface area contributed by atoms with E-state index in [1.165, 1.54) is 16.4 Å². The molecule has 0 heterocycles. The molecule has 0 spiro atoms. The number of nitrogens with zero attached hydrogens (tertiary/aromatic N) is 1. The number of carboxylic acid groups (broad SMARTS) is 1. The van der Waals surface area contributed by atoms with Crippen LogP contribution in [0.1, 0.15) is 30.9 Å². The van der Waals surface area contributed by atoms with Crippen LogP contribution in [0.15, 0.2) is 29.2 Å². The number of hydrogen-bond acceptors (Lipinski definition) is 3. The third-order valence-electron chi connectivity index (χ3n) is 3.18. The summed E-state index contributed by atoms with van der Waals surface area (Å²) in [6.07, 6.45) is 4.23. The molecule has 5 nitrogen and oxygen atoms in total. The predicted octanol–water partition coefficient (Wildman–Crippen LogP) is 2.51. The Balaban J connectivity index is 3.05. The molecule has 0 aliphatic rings. The first-order chi connectivity index (χ1) is 9.78. The minimum Gasteiger partial charge on any atom is -0.478 e. The van der Waals surface area contributed by atoms with Crippen molar-refractivity contribution in [2.45, 2.75) is 31.6 Å². The Kier molecular flexibility index (Phi) is 6.11. The SMILES string of the molecule is CCCCN(C)S(=O)(=O)c1ccc(C=CC(=O)O)c(C)c1. The van der Waals surface area contributed by atoms with E-state index >= 15 is 0 Å². The zero-order valence-electron chi connectivity index (χ0n) is 12.5. The number of aryl methyl sites for hydroxylation is 1. The van der Waals surface area contributed by atoms with Crippen LogP contribution in [-0.2, 0) is 14.8 Å². The second-order valence-electron chi connectivity index (χ2n) is 4.87. The largest absolute Gasteiger partial charge is 0.478 e. The van der Waals surface area contributed by atoms with E-state index in [1.54, 1.807) is 26.1 Å². The molecule has 1 N–H and O–H groups in total. The number of benzene rings is 1. The molecule has 0 aliphatic heterocycles. The van der Waals surface area contributed by atoms with Gasteiger partial charge in [0.1, 0.15) is 0 Å². The van der Waals surface area contributed by atoms with Gasteiger partial charge in [0.05, 0.1) is 4.90 Å². The van der Waals surface area contributed by atoms with Crippen molar-refractivity contribution >= 4 is 22.1 Å². The van der Waals surface area contributed by atoms with Crippen LogP contribution < -0.4 is 0 Å². The van der Waals surface area contributed by atoms with Crippen molar-refractivity contribution in [1.82, 2.24) is 4.31 Å². The quantitative estimate of drug-likeness (QED) is 0.785. The minimum absolute atomic E-state index is 0.228. The topological polar surface area (TPSA) is 74.7 Å². The summed E-state index contributed by atoms with van der Waals surface area (Å²) in [6.45, 7) is 4.25. The Morgan fingerprint density at radius 2 is 2.05 bits per heavy atom. The molecular weight excluding hydrogens is 290 g/mol. The van der Waals surface area contributed by atoms with E-state index in [-0.39, 0.29) is 4.90 Å². The first-order valence-electron chi connectivity index (χ1n) is 6.77. The van der Waals surface area contributed by atoms with Crippen molar-refractivity contribution in [3.63, 3.8) is 0 Å². The maximum atomic E-state index is 12.4. The lowest BCUT2D eigenvalue weighted by molar-refractivity contribution is -0.131. The molecule has 0 bridgehead atoms. The molecule has 0 radical (unpaired) electrons. The second-order valence-corrected chi connectivity index (χ2v) is 6.91. The van der Waals surface area contributed by atoms with E-state index in [0.29, 0.717) is 12.1 Å². The molecule has 0 fully saturated rings. The molecule has 6 heteroatoms. The van der Waals surface area contributed by atoms with E-state index in [9.17, 15) is 13.2 Å². The molecule has 0 saturated heterocycles. The number of hydrogen-bond donors (Lipinski definition) is 1. The third-order valence-corrected chi connectivity index (χ3v) is 5.03. The van der Waals surface area contributed by atoms with Crippen LogP contribution in [-0.4, -0.2) is 37.4 Å². The fraction of sp³-hybridized carbons (Fsp3) is 0.400. The highest BCUT2D eigenvalue weighted by atomic mass is 32.2. The highest BCUT2D eigenvalue weighted by Gasteiger charge is 2.20. The molecule has 21 heavy (non-hydrogen) atoms. The Labute approximate surface area is 126 Å². The van der Waals surface area contributed by atoms with Crippen molar-refractivity contribution in [2.24, 2.45) is 0 Å². The van der Waals surface area contributed by atoms with Crippen molar-refractivity contribution in [2.75, 3.05) is 13.6 Å². The van der Waals surface area contributed by atoms with E-state index in [2.05, 4.69) is 0 Å². The van der Waals surface area contributed by atoms with Gasteiger partial charge in [-0.15, -0.1) is 0 Å². The monoisotopic (exact) mass is 311 g/mol. The van der Waals surface area contributed by atoms with Crippen LogP contribution >= 0.6 is 0 Å². The fourth-order valence-corrected chi connectivity index (χ4v) is 3.13. The van der Waals surface area contributed by atoms with Crippen molar-refractivity contribution < 1.29 is 18.3 Å². The minimum atomic E-state index is -3.49. The summed E-state index contributed by atoms with van der Waals surface area (Å²) in [6, 6.07) is 4.70. The summed E-state index contributed by atoms with van der Waals surface area (Å²) in [4.78, 5) is 10.7. The average molecular weight is 311 g/mol. The first-order valence-corrected chi connectivity index (χ1v) is 8.21. The van der Waals surface area contributed by atoms with E-state index in [4.69, 9.17) is 5.11 Å². The standard InChI is InChI=1S/C15H21NO4S/c1-4-5-10-16(3)21(19,20)14-8-6-13(12(2)11-14)7-9-15(17)18/h6-9,11H,4-5,10H2,1-3H3,(H,17,18). The molecule has 1 aromatic carbocycles.